The highest BCUT2D eigenvalue weighted by molar-refractivity contribution is 6.01. The summed E-state index contributed by atoms with van der Waals surface area (Å²) < 4.78 is 5.18. The number of pyridine rings is 1. The SMILES string of the molecule is O=C(OCCNC1=NCc2ccccc21)c1cccnc1. The Kier molecular flexibility index (Phi) is 3.91. The van der Waals surface area contributed by atoms with Crippen LogP contribution in [0.15, 0.2) is 53.8 Å². The molecule has 0 aliphatic carbocycles. The quantitative estimate of drug-likeness (QED) is 0.685. The molecule has 21 heavy (non-hydrogen) atoms. The fourth-order valence-corrected chi connectivity index (χ4v) is 2.17. The molecule has 2 aromatic rings. The Bertz CT molecular complexity index is 668. The van der Waals surface area contributed by atoms with Gasteiger partial charge in [0.1, 0.15) is 12.4 Å². The monoisotopic (exact) mass is 281 g/mol. The number of hydrogen-bond acceptors (Lipinski definition) is 5. The van der Waals surface area contributed by atoms with E-state index < -0.39 is 0 Å². The number of rotatable bonds is 4. The molecule has 0 saturated heterocycles. The Labute approximate surface area is 122 Å². The molecule has 1 aliphatic heterocycles. The summed E-state index contributed by atoms with van der Waals surface area (Å²) in [4.78, 5) is 20.0. The molecule has 1 aromatic carbocycles. The first-order valence-corrected chi connectivity index (χ1v) is 6.78. The summed E-state index contributed by atoms with van der Waals surface area (Å²) in [6.45, 7) is 1.52. The molecule has 0 bridgehead atoms. The van der Waals surface area contributed by atoms with Crippen LogP contribution in [-0.2, 0) is 11.3 Å². The predicted octanol–water partition coefficient (Wildman–Crippen LogP) is 1.79. The van der Waals surface area contributed by atoms with E-state index in [4.69, 9.17) is 4.74 Å². The number of hydrogen-bond donors (Lipinski definition) is 1. The van der Waals surface area contributed by atoms with Crippen molar-refractivity contribution in [2.45, 2.75) is 6.54 Å². The van der Waals surface area contributed by atoms with E-state index in [0.717, 1.165) is 11.4 Å². The number of amidine groups is 1. The summed E-state index contributed by atoms with van der Waals surface area (Å²) in [6, 6.07) is 11.5. The topological polar surface area (TPSA) is 63.6 Å². The highest BCUT2D eigenvalue weighted by atomic mass is 16.5. The van der Waals surface area contributed by atoms with Crippen LogP contribution < -0.4 is 5.32 Å². The smallest absolute Gasteiger partial charge is 0.339 e. The molecule has 1 aromatic heterocycles. The Morgan fingerprint density at radius 3 is 3.00 bits per heavy atom. The van der Waals surface area contributed by atoms with Gasteiger partial charge in [0.2, 0.25) is 0 Å². The standard InChI is InChI=1S/C16H15N3O2/c20-16(13-5-3-7-17-10-13)21-9-8-18-15-14-6-2-1-4-12(14)11-19-15/h1-7,10H,8-9,11H2,(H,18,19). The number of nitrogens with one attached hydrogen (secondary N) is 1. The van der Waals surface area contributed by atoms with E-state index in [1.807, 2.05) is 18.2 Å². The van der Waals surface area contributed by atoms with Gasteiger partial charge in [0.05, 0.1) is 18.7 Å². The molecule has 0 fully saturated rings. The van der Waals surface area contributed by atoms with Gasteiger partial charge in [-0.3, -0.25) is 9.98 Å². The minimum atomic E-state index is -0.362. The molecule has 5 nitrogen and oxygen atoms in total. The molecule has 1 aliphatic rings. The van der Waals surface area contributed by atoms with Crippen LogP contribution in [0.3, 0.4) is 0 Å². The lowest BCUT2D eigenvalue weighted by Gasteiger charge is -2.08. The van der Waals surface area contributed by atoms with Gasteiger partial charge in [-0.05, 0) is 17.7 Å². The molecule has 2 heterocycles. The second-order valence-electron chi connectivity index (χ2n) is 4.63. The molecule has 0 spiro atoms. The number of fused-ring (bicyclic) bond motifs is 1. The molecule has 0 atom stereocenters. The van der Waals surface area contributed by atoms with Gasteiger partial charge in [-0.15, -0.1) is 0 Å². The van der Waals surface area contributed by atoms with Crippen molar-refractivity contribution < 1.29 is 9.53 Å². The van der Waals surface area contributed by atoms with Crippen molar-refractivity contribution in [3.63, 3.8) is 0 Å². The van der Waals surface area contributed by atoms with Crippen LogP contribution in [0, 0.1) is 0 Å². The summed E-state index contributed by atoms with van der Waals surface area (Å²) in [5.41, 5.74) is 2.80. The lowest BCUT2D eigenvalue weighted by Crippen LogP contribution is -2.28. The minimum absolute atomic E-state index is 0.287. The number of nitrogens with zero attached hydrogens (tertiary/aromatic N) is 2. The second-order valence-corrected chi connectivity index (χ2v) is 4.63. The fraction of sp³-hybridized carbons (Fsp3) is 0.188. The normalized spacial score (nSPS) is 12.5. The second kappa shape index (κ2) is 6.17. The highest BCUT2D eigenvalue weighted by Gasteiger charge is 2.14. The van der Waals surface area contributed by atoms with Crippen LogP contribution >= 0.6 is 0 Å². The average Bonchev–Trinajstić information content (AvgIpc) is 2.95. The van der Waals surface area contributed by atoms with Crippen LogP contribution in [0.4, 0.5) is 0 Å². The van der Waals surface area contributed by atoms with Crippen LogP contribution in [0.1, 0.15) is 21.5 Å². The number of benzene rings is 1. The zero-order valence-electron chi connectivity index (χ0n) is 11.5. The van der Waals surface area contributed by atoms with E-state index in [-0.39, 0.29) is 12.6 Å². The number of carbonyl (C=O) groups is 1. The minimum Gasteiger partial charge on any atom is -0.460 e. The zero-order valence-corrected chi connectivity index (χ0v) is 11.5. The Morgan fingerprint density at radius 1 is 1.24 bits per heavy atom. The average molecular weight is 281 g/mol. The summed E-state index contributed by atoms with van der Waals surface area (Å²) >= 11 is 0. The van der Waals surface area contributed by atoms with Gasteiger partial charge in [-0.25, -0.2) is 4.79 Å². The van der Waals surface area contributed by atoms with Crippen LogP contribution in [-0.4, -0.2) is 29.9 Å². The first-order valence-electron chi connectivity index (χ1n) is 6.78. The first-order chi connectivity index (χ1) is 10.3. The van der Waals surface area contributed by atoms with Gasteiger partial charge < -0.3 is 10.1 Å². The van der Waals surface area contributed by atoms with E-state index >= 15 is 0 Å². The molecule has 0 unspecified atom stereocenters. The van der Waals surface area contributed by atoms with E-state index in [1.54, 1.807) is 18.3 Å². The maximum Gasteiger partial charge on any atom is 0.339 e. The van der Waals surface area contributed by atoms with Crippen molar-refractivity contribution in [2.75, 3.05) is 13.2 Å². The van der Waals surface area contributed by atoms with Gasteiger partial charge in [-0.1, -0.05) is 24.3 Å². The maximum absolute atomic E-state index is 11.7. The Morgan fingerprint density at radius 2 is 2.14 bits per heavy atom. The third-order valence-corrected chi connectivity index (χ3v) is 3.20. The van der Waals surface area contributed by atoms with Crippen molar-refractivity contribution in [2.24, 2.45) is 4.99 Å². The van der Waals surface area contributed by atoms with Crippen LogP contribution in [0.5, 0.6) is 0 Å². The molecular formula is C16H15N3O2. The molecule has 106 valence electrons. The molecule has 0 amide bonds. The first kappa shape index (κ1) is 13.3. The van der Waals surface area contributed by atoms with E-state index in [2.05, 4.69) is 21.4 Å². The third-order valence-electron chi connectivity index (χ3n) is 3.20. The molecular weight excluding hydrogens is 266 g/mol. The Hall–Kier alpha value is -2.69. The molecule has 1 N–H and O–H groups in total. The predicted molar refractivity (Wildman–Crippen MR) is 79.2 cm³/mol. The number of carbonyl (C=O) groups excluding carboxylic acids is 1. The number of aromatic nitrogens is 1. The number of aliphatic imine (C=N–C) groups is 1. The van der Waals surface area contributed by atoms with Gasteiger partial charge in [0, 0.05) is 18.0 Å². The largest absolute Gasteiger partial charge is 0.460 e. The van der Waals surface area contributed by atoms with Crippen molar-refractivity contribution in [1.29, 1.82) is 0 Å². The summed E-state index contributed by atoms with van der Waals surface area (Å²) in [7, 11) is 0. The van der Waals surface area contributed by atoms with Gasteiger partial charge >= 0.3 is 5.97 Å². The Balaban J connectivity index is 1.47. The lowest BCUT2D eigenvalue weighted by molar-refractivity contribution is 0.0512. The van der Waals surface area contributed by atoms with Gasteiger partial charge in [-0.2, -0.15) is 0 Å². The molecule has 0 saturated carbocycles. The fourth-order valence-electron chi connectivity index (χ4n) is 2.17. The summed E-state index contributed by atoms with van der Waals surface area (Å²) in [5, 5.41) is 3.20. The third kappa shape index (κ3) is 3.08. The van der Waals surface area contributed by atoms with E-state index in [0.29, 0.717) is 18.7 Å². The maximum atomic E-state index is 11.7. The van der Waals surface area contributed by atoms with E-state index in [1.165, 1.54) is 11.8 Å². The molecule has 3 rings (SSSR count). The molecule has 5 heteroatoms. The van der Waals surface area contributed by atoms with E-state index in [9.17, 15) is 4.79 Å². The van der Waals surface area contributed by atoms with Crippen molar-refractivity contribution in [1.82, 2.24) is 10.3 Å². The zero-order chi connectivity index (χ0) is 14.5. The van der Waals surface area contributed by atoms with Crippen LogP contribution in [0.2, 0.25) is 0 Å². The summed E-state index contributed by atoms with van der Waals surface area (Å²) in [6.07, 6.45) is 3.11. The van der Waals surface area contributed by atoms with Crippen molar-refractivity contribution in [3.05, 3.63) is 65.5 Å². The van der Waals surface area contributed by atoms with Crippen molar-refractivity contribution in [3.8, 4) is 0 Å². The van der Waals surface area contributed by atoms with Crippen molar-refractivity contribution >= 4 is 11.8 Å². The summed E-state index contributed by atoms with van der Waals surface area (Å²) in [5.74, 6) is 0.502. The number of ether oxygens (including phenoxy) is 1. The molecule has 0 radical (unpaired) electrons. The van der Waals surface area contributed by atoms with Gasteiger partial charge in [0.15, 0.2) is 0 Å². The number of esters is 1. The lowest BCUT2D eigenvalue weighted by atomic mass is 10.1. The highest BCUT2D eigenvalue weighted by Crippen LogP contribution is 2.16. The van der Waals surface area contributed by atoms with Gasteiger partial charge in [0.25, 0.3) is 0 Å². The van der Waals surface area contributed by atoms with Crippen LogP contribution in [0.25, 0.3) is 0 Å².